The van der Waals surface area contributed by atoms with Crippen molar-refractivity contribution in [2.75, 3.05) is 24.9 Å². The molecule has 2 aromatic carbocycles. The molecule has 0 spiro atoms. The minimum Gasteiger partial charge on any atom is -0.356 e. The van der Waals surface area contributed by atoms with Crippen LogP contribution in [-0.2, 0) is 35.5 Å². The summed E-state index contributed by atoms with van der Waals surface area (Å²) in [5, 5.41) is 0. The molecule has 1 fully saturated rings. The number of fused-ring (bicyclic) bond motifs is 3. The van der Waals surface area contributed by atoms with Crippen LogP contribution in [0.3, 0.4) is 0 Å². The number of aromatic nitrogens is 4. The zero-order valence-corrected chi connectivity index (χ0v) is 24.6. The highest BCUT2D eigenvalue weighted by atomic mass is 32.2. The molecule has 208 valence electrons. The summed E-state index contributed by atoms with van der Waals surface area (Å²) < 4.78 is 10.4. The van der Waals surface area contributed by atoms with Crippen LogP contribution in [-0.4, -0.2) is 54.7 Å². The standard InChI is InChI=1S/C33H40N5OS/c1-25-18-28(37(22-26-10-6-4-7-11-26)23-27-12-8-5-9-13-27)19-29(25)31-20-34-32-21-35-33-30(38(31)32)14-15-36(33)24-39-16-17-40(2)3/h4-15,20-21,25,28-29H,16-19,22-24H2,1-3H3/q+1. The number of benzene rings is 2. The van der Waals surface area contributed by atoms with Gasteiger partial charge in [0, 0.05) is 43.1 Å². The molecule has 1 aliphatic carbocycles. The molecule has 6 rings (SSSR count). The molecule has 5 aromatic rings. The summed E-state index contributed by atoms with van der Waals surface area (Å²) >= 11 is 0. The smallest absolute Gasteiger partial charge is 0.159 e. The summed E-state index contributed by atoms with van der Waals surface area (Å²) in [6.07, 6.45) is 12.9. The lowest BCUT2D eigenvalue weighted by Gasteiger charge is -2.29. The predicted molar refractivity (Wildman–Crippen MR) is 166 cm³/mol. The van der Waals surface area contributed by atoms with E-state index in [1.54, 1.807) is 0 Å². The summed E-state index contributed by atoms with van der Waals surface area (Å²) in [7, 11) is 0.392. The number of hydrogen-bond acceptors (Lipinski definition) is 4. The number of imidazole rings is 1. The second-order valence-corrected chi connectivity index (χ2v) is 13.8. The fourth-order valence-electron chi connectivity index (χ4n) is 6.25. The van der Waals surface area contributed by atoms with Crippen molar-refractivity contribution < 1.29 is 4.74 Å². The van der Waals surface area contributed by atoms with Gasteiger partial charge in [0.15, 0.2) is 11.3 Å². The van der Waals surface area contributed by atoms with E-state index in [2.05, 4.69) is 112 Å². The molecule has 3 heterocycles. The lowest BCUT2D eigenvalue weighted by Crippen LogP contribution is -2.32. The van der Waals surface area contributed by atoms with Gasteiger partial charge >= 0.3 is 0 Å². The minimum absolute atomic E-state index is 0.392. The monoisotopic (exact) mass is 554 g/mol. The molecule has 6 nitrogen and oxygen atoms in total. The van der Waals surface area contributed by atoms with E-state index in [0.717, 1.165) is 48.7 Å². The van der Waals surface area contributed by atoms with E-state index in [1.165, 1.54) is 23.2 Å². The Kier molecular flexibility index (Phi) is 8.23. The van der Waals surface area contributed by atoms with Crippen LogP contribution in [0.5, 0.6) is 0 Å². The Hall–Kier alpha value is -3.13. The largest absolute Gasteiger partial charge is 0.356 e. The van der Waals surface area contributed by atoms with Gasteiger partial charge in [-0.1, -0.05) is 67.6 Å². The fraction of sp³-hybridized carbons (Fsp3) is 0.394. The quantitative estimate of drug-likeness (QED) is 0.146. The van der Waals surface area contributed by atoms with Gasteiger partial charge in [-0.05, 0) is 46.8 Å². The number of hydrogen-bond donors (Lipinski definition) is 0. The number of ether oxygens (including phenoxy) is 1. The SMILES string of the molecule is CC1CC(N(Cc2ccccc2)Cc2ccccc2)CC1c1cnc2cnc3c(ccn3COCC[S+](C)C)n12. The molecule has 0 amide bonds. The average Bonchev–Trinajstić information content (AvgIpc) is 3.68. The van der Waals surface area contributed by atoms with E-state index in [4.69, 9.17) is 14.7 Å². The highest BCUT2D eigenvalue weighted by Gasteiger charge is 2.37. The van der Waals surface area contributed by atoms with Crippen molar-refractivity contribution in [3.8, 4) is 0 Å². The van der Waals surface area contributed by atoms with E-state index >= 15 is 0 Å². The molecule has 0 N–H and O–H groups in total. The van der Waals surface area contributed by atoms with E-state index in [1.807, 2.05) is 6.20 Å². The van der Waals surface area contributed by atoms with Crippen molar-refractivity contribution in [1.29, 1.82) is 0 Å². The number of rotatable bonds is 11. The lowest BCUT2D eigenvalue weighted by molar-refractivity contribution is 0.0924. The Labute approximate surface area is 240 Å². The van der Waals surface area contributed by atoms with E-state index in [9.17, 15) is 0 Å². The number of nitrogens with zero attached hydrogens (tertiary/aromatic N) is 5. The third-order valence-electron chi connectivity index (χ3n) is 8.35. The van der Waals surface area contributed by atoms with Crippen LogP contribution in [0, 0.1) is 5.92 Å². The third-order valence-corrected chi connectivity index (χ3v) is 9.33. The van der Waals surface area contributed by atoms with Gasteiger partial charge in [-0.15, -0.1) is 0 Å². The molecule has 0 radical (unpaired) electrons. The van der Waals surface area contributed by atoms with Crippen LogP contribution in [0.2, 0.25) is 0 Å². The van der Waals surface area contributed by atoms with Gasteiger partial charge in [-0.25, -0.2) is 9.97 Å². The van der Waals surface area contributed by atoms with Crippen LogP contribution in [0.1, 0.15) is 42.5 Å². The van der Waals surface area contributed by atoms with Gasteiger partial charge in [-0.2, -0.15) is 0 Å². The molecule has 40 heavy (non-hydrogen) atoms. The minimum atomic E-state index is 0.392. The Morgan fingerprint density at radius 2 is 1.60 bits per heavy atom. The zero-order chi connectivity index (χ0) is 27.5. The summed E-state index contributed by atoms with van der Waals surface area (Å²) in [5.74, 6) is 2.09. The lowest BCUT2D eigenvalue weighted by atomic mass is 9.95. The summed E-state index contributed by atoms with van der Waals surface area (Å²) in [6, 6.07) is 24.5. The maximum atomic E-state index is 5.98. The van der Waals surface area contributed by atoms with Crippen molar-refractivity contribution in [3.63, 3.8) is 0 Å². The Balaban J connectivity index is 1.26. The van der Waals surface area contributed by atoms with Crippen LogP contribution in [0.25, 0.3) is 16.8 Å². The van der Waals surface area contributed by atoms with Crippen LogP contribution < -0.4 is 0 Å². The Morgan fingerprint density at radius 1 is 0.900 bits per heavy atom. The molecule has 7 heteroatoms. The molecular weight excluding hydrogens is 514 g/mol. The topological polar surface area (TPSA) is 47.6 Å². The van der Waals surface area contributed by atoms with E-state index < -0.39 is 0 Å². The normalized spacial score (nSPS) is 19.5. The molecule has 0 bridgehead atoms. The van der Waals surface area contributed by atoms with Crippen molar-refractivity contribution in [1.82, 2.24) is 23.8 Å². The summed E-state index contributed by atoms with van der Waals surface area (Å²) in [5.41, 5.74) is 7.03. The fourth-order valence-corrected chi connectivity index (χ4v) is 6.70. The first-order valence-corrected chi connectivity index (χ1v) is 16.5. The van der Waals surface area contributed by atoms with Crippen LogP contribution in [0.4, 0.5) is 0 Å². The van der Waals surface area contributed by atoms with E-state index in [0.29, 0.717) is 35.5 Å². The maximum Gasteiger partial charge on any atom is 0.159 e. The summed E-state index contributed by atoms with van der Waals surface area (Å²) in [4.78, 5) is 12.3. The average molecular weight is 555 g/mol. The second-order valence-electron chi connectivity index (χ2n) is 11.4. The highest BCUT2D eigenvalue weighted by molar-refractivity contribution is 7.95. The molecule has 1 saturated carbocycles. The predicted octanol–water partition coefficient (Wildman–Crippen LogP) is 6.12. The molecular formula is C33H40N5OS+. The van der Waals surface area contributed by atoms with Crippen molar-refractivity contribution in [2.24, 2.45) is 5.92 Å². The van der Waals surface area contributed by atoms with Crippen LogP contribution >= 0.6 is 0 Å². The molecule has 0 saturated heterocycles. The van der Waals surface area contributed by atoms with Crippen LogP contribution in [0.15, 0.2) is 85.3 Å². The first-order chi connectivity index (χ1) is 19.6. The van der Waals surface area contributed by atoms with Crippen molar-refractivity contribution in [3.05, 3.63) is 102 Å². The molecule has 1 aliphatic rings. The van der Waals surface area contributed by atoms with Gasteiger partial charge in [0.1, 0.15) is 12.5 Å². The molecule has 0 aliphatic heterocycles. The van der Waals surface area contributed by atoms with Gasteiger partial charge in [0.05, 0.1) is 30.8 Å². The van der Waals surface area contributed by atoms with Crippen molar-refractivity contribution in [2.45, 2.75) is 51.5 Å². The Bertz CT molecular complexity index is 1490. The van der Waals surface area contributed by atoms with Gasteiger partial charge in [0.25, 0.3) is 0 Å². The first-order valence-electron chi connectivity index (χ1n) is 14.3. The second kappa shape index (κ2) is 12.2. The van der Waals surface area contributed by atoms with Crippen molar-refractivity contribution >= 4 is 27.7 Å². The maximum absolute atomic E-state index is 5.98. The molecule has 3 unspecified atom stereocenters. The zero-order valence-electron chi connectivity index (χ0n) is 23.8. The first kappa shape index (κ1) is 27.1. The molecule has 3 aromatic heterocycles. The van der Waals surface area contributed by atoms with Gasteiger partial charge < -0.3 is 9.30 Å². The Morgan fingerprint density at radius 3 is 2.27 bits per heavy atom. The van der Waals surface area contributed by atoms with Gasteiger partial charge in [0.2, 0.25) is 0 Å². The molecule has 3 atom stereocenters. The van der Waals surface area contributed by atoms with Gasteiger partial charge in [-0.3, -0.25) is 9.30 Å². The third kappa shape index (κ3) is 5.82. The van der Waals surface area contributed by atoms with E-state index in [-0.39, 0.29) is 0 Å². The highest BCUT2D eigenvalue weighted by Crippen LogP contribution is 2.43. The summed E-state index contributed by atoms with van der Waals surface area (Å²) in [6.45, 7) is 5.64.